The van der Waals surface area contributed by atoms with Crippen LogP contribution in [0, 0.1) is 0 Å². The van der Waals surface area contributed by atoms with E-state index in [1.165, 1.54) is 6.20 Å². The molecule has 1 amide bonds. The molecule has 1 unspecified atom stereocenters. The average Bonchev–Trinajstić information content (AvgIpc) is 2.68. The van der Waals surface area contributed by atoms with Gasteiger partial charge in [-0.25, -0.2) is 9.97 Å². The van der Waals surface area contributed by atoms with Crippen LogP contribution in [-0.4, -0.2) is 20.9 Å². The van der Waals surface area contributed by atoms with Crippen LogP contribution in [-0.2, 0) is 6.54 Å². The fraction of sp³-hybridized carbons (Fsp3) is 0.158. The van der Waals surface area contributed by atoms with Crippen LogP contribution in [0.4, 0.5) is 5.82 Å². The molecule has 2 N–H and O–H groups in total. The molecule has 0 spiro atoms. The quantitative estimate of drug-likeness (QED) is 0.725. The molecule has 3 aromatic rings. The van der Waals surface area contributed by atoms with Crippen molar-refractivity contribution in [3.8, 4) is 0 Å². The molecule has 0 radical (unpaired) electrons. The predicted octanol–water partition coefficient (Wildman–Crippen LogP) is 2.97. The molecule has 6 heteroatoms. The average molecular weight is 333 g/mol. The van der Waals surface area contributed by atoms with Gasteiger partial charge >= 0.3 is 0 Å². The summed E-state index contributed by atoms with van der Waals surface area (Å²) in [5.41, 5.74) is 2.42. The molecule has 0 fully saturated rings. The second-order valence-corrected chi connectivity index (χ2v) is 5.60. The molecular formula is C19H19N5O. The zero-order valence-electron chi connectivity index (χ0n) is 13.9. The SMILES string of the molecule is CC(NC(=O)c1cnc(NCc2ccncc2)cn1)c1ccccc1. The Labute approximate surface area is 146 Å². The van der Waals surface area contributed by atoms with E-state index < -0.39 is 0 Å². The highest BCUT2D eigenvalue weighted by atomic mass is 16.1. The Morgan fingerprint density at radius 2 is 1.80 bits per heavy atom. The second-order valence-electron chi connectivity index (χ2n) is 5.60. The predicted molar refractivity (Wildman–Crippen MR) is 95.9 cm³/mol. The van der Waals surface area contributed by atoms with Crippen molar-refractivity contribution in [1.82, 2.24) is 20.3 Å². The Morgan fingerprint density at radius 1 is 1.04 bits per heavy atom. The number of pyridine rings is 1. The fourth-order valence-corrected chi connectivity index (χ4v) is 2.33. The number of nitrogens with one attached hydrogen (secondary N) is 2. The maximum atomic E-state index is 12.3. The fourth-order valence-electron chi connectivity index (χ4n) is 2.33. The first-order valence-electron chi connectivity index (χ1n) is 8.03. The highest BCUT2D eigenvalue weighted by Crippen LogP contribution is 2.12. The maximum Gasteiger partial charge on any atom is 0.271 e. The van der Waals surface area contributed by atoms with Crippen molar-refractivity contribution < 1.29 is 4.79 Å². The van der Waals surface area contributed by atoms with E-state index in [1.807, 2.05) is 49.4 Å². The van der Waals surface area contributed by atoms with Crippen molar-refractivity contribution in [2.45, 2.75) is 19.5 Å². The van der Waals surface area contributed by atoms with Gasteiger partial charge in [-0.1, -0.05) is 30.3 Å². The lowest BCUT2D eigenvalue weighted by atomic mass is 10.1. The van der Waals surface area contributed by atoms with E-state index in [4.69, 9.17) is 0 Å². The number of amides is 1. The van der Waals surface area contributed by atoms with Gasteiger partial charge in [0.25, 0.3) is 5.91 Å². The summed E-state index contributed by atoms with van der Waals surface area (Å²) in [6.45, 7) is 2.55. The van der Waals surface area contributed by atoms with Gasteiger partial charge in [0.2, 0.25) is 0 Å². The maximum absolute atomic E-state index is 12.3. The Kier molecular flexibility index (Phi) is 5.31. The molecular weight excluding hydrogens is 314 g/mol. The lowest BCUT2D eigenvalue weighted by Gasteiger charge is -2.14. The molecule has 3 rings (SSSR count). The number of hydrogen-bond acceptors (Lipinski definition) is 5. The normalized spacial score (nSPS) is 11.6. The minimum atomic E-state index is -0.246. The molecule has 0 aliphatic rings. The number of rotatable bonds is 6. The summed E-state index contributed by atoms with van der Waals surface area (Å²) in [7, 11) is 0. The minimum Gasteiger partial charge on any atom is -0.365 e. The number of carbonyl (C=O) groups excluding carboxylic acids is 1. The van der Waals surface area contributed by atoms with E-state index in [0.717, 1.165) is 11.1 Å². The van der Waals surface area contributed by atoms with Crippen LogP contribution in [0.2, 0.25) is 0 Å². The molecule has 1 aromatic carbocycles. The third-order valence-corrected chi connectivity index (χ3v) is 3.75. The van der Waals surface area contributed by atoms with Gasteiger partial charge in [0.15, 0.2) is 0 Å². The molecule has 0 aliphatic carbocycles. The van der Waals surface area contributed by atoms with Crippen LogP contribution >= 0.6 is 0 Å². The van der Waals surface area contributed by atoms with Crippen LogP contribution in [0.25, 0.3) is 0 Å². The highest BCUT2D eigenvalue weighted by Gasteiger charge is 2.12. The summed E-state index contributed by atoms with van der Waals surface area (Å²) in [6.07, 6.45) is 6.51. The summed E-state index contributed by atoms with van der Waals surface area (Å²) in [6, 6.07) is 13.5. The smallest absolute Gasteiger partial charge is 0.271 e. The molecule has 2 heterocycles. The highest BCUT2D eigenvalue weighted by molar-refractivity contribution is 5.92. The molecule has 0 saturated carbocycles. The van der Waals surface area contributed by atoms with Gasteiger partial charge in [-0.15, -0.1) is 0 Å². The summed E-state index contributed by atoms with van der Waals surface area (Å²) < 4.78 is 0. The topological polar surface area (TPSA) is 79.8 Å². The Morgan fingerprint density at radius 3 is 2.48 bits per heavy atom. The van der Waals surface area contributed by atoms with E-state index in [9.17, 15) is 4.79 Å². The van der Waals surface area contributed by atoms with Crippen LogP contribution in [0.5, 0.6) is 0 Å². The zero-order chi connectivity index (χ0) is 17.5. The minimum absolute atomic E-state index is 0.0972. The second kappa shape index (κ2) is 8.01. The Bertz CT molecular complexity index is 806. The Hall–Kier alpha value is -3.28. The molecule has 0 bridgehead atoms. The van der Waals surface area contributed by atoms with Gasteiger partial charge in [0.1, 0.15) is 11.5 Å². The number of benzene rings is 1. The first-order chi connectivity index (χ1) is 12.2. The van der Waals surface area contributed by atoms with Crippen molar-refractivity contribution in [1.29, 1.82) is 0 Å². The van der Waals surface area contributed by atoms with Crippen LogP contribution in [0.3, 0.4) is 0 Å². The number of hydrogen-bond donors (Lipinski definition) is 2. The molecule has 6 nitrogen and oxygen atoms in total. The van der Waals surface area contributed by atoms with Crippen LogP contribution in [0.15, 0.2) is 67.3 Å². The van der Waals surface area contributed by atoms with Crippen molar-refractivity contribution in [3.63, 3.8) is 0 Å². The lowest BCUT2D eigenvalue weighted by Crippen LogP contribution is -2.27. The first-order valence-corrected chi connectivity index (χ1v) is 8.03. The van der Waals surface area contributed by atoms with Gasteiger partial charge in [-0.05, 0) is 30.2 Å². The molecule has 2 aromatic heterocycles. The van der Waals surface area contributed by atoms with E-state index in [2.05, 4.69) is 25.6 Å². The van der Waals surface area contributed by atoms with E-state index in [1.54, 1.807) is 18.6 Å². The van der Waals surface area contributed by atoms with Crippen molar-refractivity contribution >= 4 is 11.7 Å². The summed E-state index contributed by atoms with van der Waals surface area (Å²) in [4.78, 5) is 24.7. The summed E-state index contributed by atoms with van der Waals surface area (Å²) >= 11 is 0. The third-order valence-electron chi connectivity index (χ3n) is 3.75. The summed E-state index contributed by atoms with van der Waals surface area (Å²) in [5, 5.41) is 6.08. The van der Waals surface area contributed by atoms with Crippen molar-refractivity contribution in [2.24, 2.45) is 0 Å². The standard InChI is InChI=1S/C19H19N5O/c1-14(16-5-3-2-4-6-16)24-19(25)17-12-23-18(13-21-17)22-11-15-7-9-20-10-8-15/h2-10,12-14H,11H2,1H3,(H,22,23)(H,24,25). The number of carbonyl (C=O) groups is 1. The third kappa shape index (κ3) is 4.60. The molecule has 126 valence electrons. The molecule has 25 heavy (non-hydrogen) atoms. The number of nitrogens with zero attached hydrogens (tertiary/aromatic N) is 3. The lowest BCUT2D eigenvalue weighted by molar-refractivity contribution is 0.0934. The number of aromatic nitrogens is 3. The number of anilines is 1. The van der Waals surface area contributed by atoms with E-state index >= 15 is 0 Å². The zero-order valence-corrected chi connectivity index (χ0v) is 13.9. The van der Waals surface area contributed by atoms with Gasteiger partial charge < -0.3 is 10.6 Å². The van der Waals surface area contributed by atoms with Gasteiger partial charge in [-0.3, -0.25) is 9.78 Å². The van der Waals surface area contributed by atoms with Gasteiger partial charge in [0, 0.05) is 18.9 Å². The molecule has 1 atom stereocenters. The van der Waals surface area contributed by atoms with E-state index in [-0.39, 0.29) is 17.6 Å². The molecule has 0 aliphatic heterocycles. The monoisotopic (exact) mass is 333 g/mol. The van der Waals surface area contributed by atoms with Crippen molar-refractivity contribution in [3.05, 3.63) is 84.1 Å². The largest absolute Gasteiger partial charge is 0.365 e. The van der Waals surface area contributed by atoms with Crippen LogP contribution < -0.4 is 10.6 Å². The van der Waals surface area contributed by atoms with Gasteiger partial charge in [0.05, 0.1) is 18.4 Å². The first kappa shape index (κ1) is 16.6. The van der Waals surface area contributed by atoms with Crippen molar-refractivity contribution in [2.75, 3.05) is 5.32 Å². The van der Waals surface area contributed by atoms with Gasteiger partial charge in [-0.2, -0.15) is 0 Å². The summed E-state index contributed by atoms with van der Waals surface area (Å²) in [5.74, 6) is 0.369. The Balaban J connectivity index is 1.57. The molecule has 0 saturated heterocycles. The van der Waals surface area contributed by atoms with Crippen LogP contribution in [0.1, 0.15) is 34.6 Å². The van der Waals surface area contributed by atoms with E-state index in [0.29, 0.717) is 12.4 Å².